The van der Waals surface area contributed by atoms with Gasteiger partial charge in [-0.2, -0.15) is 0 Å². The normalized spacial score (nSPS) is 11.0. The molecule has 2 aromatic carbocycles. The SMILES string of the molecule is Cc1ccc2sc(NCc3cc(C)c(F)c(C)c3)nc2c1. The molecular formula is C17H17FN2S. The molecule has 2 nitrogen and oxygen atoms in total. The average molecular weight is 300 g/mol. The lowest BCUT2D eigenvalue weighted by Gasteiger charge is -2.07. The van der Waals surface area contributed by atoms with Crippen LogP contribution < -0.4 is 5.32 Å². The molecule has 0 aliphatic heterocycles. The van der Waals surface area contributed by atoms with Gasteiger partial charge in [-0.15, -0.1) is 0 Å². The Balaban J connectivity index is 1.80. The van der Waals surface area contributed by atoms with Crippen LogP contribution in [0.25, 0.3) is 10.2 Å². The van der Waals surface area contributed by atoms with Crippen molar-refractivity contribution >= 4 is 26.7 Å². The maximum absolute atomic E-state index is 13.6. The summed E-state index contributed by atoms with van der Waals surface area (Å²) in [5.74, 6) is -0.116. The van der Waals surface area contributed by atoms with E-state index in [1.54, 1.807) is 25.2 Å². The number of hydrogen-bond acceptors (Lipinski definition) is 3. The maximum Gasteiger partial charge on any atom is 0.184 e. The minimum Gasteiger partial charge on any atom is -0.357 e. The van der Waals surface area contributed by atoms with Crippen molar-refractivity contribution in [1.29, 1.82) is 0 Å². The molecular weight excluding hydrogens is 283 g/mol. The second-order valence-electron chi connectivity index (χ2n) is 5.39. The summed E-state index contributed by atoms with van der Waals surface area (Å²) < 4.78 is 14.8. The van der Waals surface area contributed by atoms with Gasteiger partial charge in [0.2, 0.25) is 0 Å². The third kappa shape index (κ3) is 2.90. The van der Waals surface area contributed by atoms with Crippen molar-refractivity contribution in [3.63, 3.8) is 0 Å². The first-order valence-corrected chi connectivity index (χ1v) is 7.71. The van der Waals surface area contributed by atoms with Crippen molar-refractivity contribution < 1.29 is 4.39 Å². The Morgan fingerprint density at radius 2 is 1.81 bits per heavy atom. The molecule has 0 amide bonds. The van der Waals surface area contributed by atoms with Crippen LogP contribution in [0.2, 0.25) is 0 Å². The number of nitrogens with zero attached hydrogens (tertiary/aromatic N) is 1. The summed E-state index contributed by atoms with van der Waals surface area (Å²) in [4.78, 5) is 4.58. The van der Waals surface area contributed by atoms with Crippen molar-refractivity contribution in [1.82, 2.24) is 4.98 Å². The van der Waals surface area contributed by atoms with E-state index in [0.29, 0.717) is 17.7 Å². The quantitative estimate of drug-likeness (QED) is 0.738. The molecule has 1 aromatic heterocycles. The predicted molar refractivity (Wildman–Crippen MR) is 87.6 cm³/mol. The summed E-state index contributed by atoms with van der Waals surface area (Å²) in [5.41, 5.74) is 4.68. The summed E-state index contributed by atoms with van der Waals surface area (Å²) in [6.45, 7) is 6.31. The van der Waals surface area contributed by atoms with Crippen molar-refractivity contribution in [2.75, 3.05) is 5.32 Å². The van der Waals surface area contributed by atoms with Gasteiger partial charge in [0, 0.05) is 6.54 Å². The van der Waals surface area contributed by atoms with Crippen molar-refractivity contribution in [3.05, 3.63) is 58.4 Å². The Morgan fingerprint density at radius 1 is 1.10 bits per heavy atom. The first-order chi connectivity index (χ1) is 10.0. The van der Waals surface area contributed by atoms with E-state index in [1.165, 1.54) is 10.3 Å². The highest BCUT2D eigenvalue weighted by Crippen LogP contribution is 2.27. The van der Waals surface area contributed by atoms with Gasteiger partial charge in [-0.3, -0.25) is 0 Å². The molecule has 0 saturated heterocycles. The summed E-state index contributed by atoms with van der Waals surface area (Å²) >= 11 is 1.64. The van der Waals surface area contributed by atoms with Gasteiger partial charge in [-0.05, 0) is 55.2 Å². The minimum atomic E-state index is -0.116. The molecule has 0 atom stereocenters. The lowest BCUT2D eigenvalue weighted by Crippen LogP contribution is -2.01. The van der Waals surface area contributed by atoms with Gasteiger partial charge in [0.05, 0.1) is 10.2 Å². The lowest BCUT2D eigenvalue weighted by atomic mass is 10.1. The van der Waals surface area contributed by atoms with Gasteiger partial charge in [0.25, 0.3) is 0 Å². The van der Waals surface area contributed by atoms with Gasteiger partial charge < -0.3 is 5.32 Å². The highest BCUT2D eigenvalue weighted by Gasteiger charge is 2.06. The fourth-order valence-electron chi connectivity index (χ4n) is 2.43. The Kier molecular flexibility index (Phi) is 3.64. The van der Waals surface area contributed by atoms with E-state index >= 15 is 0 Å². The third-order valence-electron chi connectivity index (χ3n) is 3.48. The highest BCUT2D eigenvalue weighted by atomic mass is 32.1. The Morgan fingerprint density at radius 3 is 2.52 bits per heavy atom. The van der Waals surface area contributed by atoms with Crippen molar-refractivity contribution in [2.24, 2.45) is 0 Å². The van der Waals surface area contributed by atoms with E-state index in [4.69, 9.17) is 0 Å². The first-order valence-electron chi connectivity index (χ1n) is 6.89. The first kappa shape index (κ1) is 14.0. The fourth-order valence-corrected chi connectivity index (χ4v) is 3.27. The number of halogens is 1. The van der Waals surface area contributed by atoms with E-state index in [0.717, 1.165) is 16.2 Å². The molecule has 0 spiro atoms. The van der Waals surface area contributed by atoms with Gasteiger partial charge in [-0.25, -0.2) is 9.37 Å². The summed E-state index contributed by atoms with van der Waals surface area (Å²) in [6.07, 6.45) is 0. The zero-order valence-corrected chi connectivity index (χ0v) is 13.1. The van der Waals surface area contributed by atoms with Crippen LogP contribution in [0.3, 0.4) is 0 Å². The van der Waals surface area contributed by atoms with Crippen LogP contribution in [0.15, 0.2) is 30.3 Å². The molecule has 0 saturated carbocycles. The number of anilines is 1. The Bertz CT molecular complexity index is 785. The topological polar surface area (TPSA) is 24.9 Å². The van der Waals surface area contributed by atoms with E-state index in [2.05, 4.69) is 35.4 Å². The van der Waals surface area contributed by atoms with Gasteiger partial charge in [0.15, 0.2) is 5.13 Å². The van der Waals surface area contributed by atoms with Crippen molar-refractivity contribution in [3.8, 4) is 0 Å². The number of thiazole rings is 1. The van der Waals surface area contributed by atoms with Crippen LogP contribution in [0.5, 0.6) is 0 Å². The van der Waals surface area contributed by atoms with Gasteiger partial charge >= 0.3 is 0 Å². The highest BCUT2D eigenvalue weighted by molar-refractivity contribution is 7.22. The number of nitrogens with one attached hydrogen (secondary N) is 1. The smallest absolute Gasteiger partial charge is 0.184 e. The predicted octanol–water partition coefficient (Wildman–Crippen LogP) is 4.97. The molecule has 0 radical (unpaired) electrons. The second kappa shape index (κ2) is 5.45. The number of aryl methyl sites for hydroxylation is 3. The summed E-state index contributed by atoms with van der Waals surface area (Å²) in [6, 6.07) is 10.0. The Hall–Kier alpha value is -1.94. The average Bonchev–Trinajstić information content (AvgIpc) is 2.84. The monoisotopic (exact) mass is 300 g/mol. The molecule has 1 N–H and O–H groups in total. The summed E-state index contributed by atoms with van der Waals surface area (Å²) in [7, 11) is 0. The zero-order chi connectivity index (χ0) is 15.0. The number of aromatic nitrogens is 1. The molecule has 21 heavy (non-hydrogen) atoms. The van der Waals surface area contributed by atoms with E-state index in [9.17, 15) is 4.39 Å². The second-order valence-corrected chi connectivity index (χ2v) is 6.42. The lowest BCUT2D eigenvalue weighted by molar-refractivity contribution is 0.608. The van der Waals surface area contributed by atoms with Crippen LogP contribution in [0, 0.1) is 26.6 Å². The van der Waals surface area contributed by atoms with E-state index in [-0.39, 0.29) is 5.82 Å². The van der Waals surface area contributed by atoms with Crippen LogP contribution in [-0.2, 0) is 6.54 Å². The molecule has 108 valence electrons. The van der Waals surface area contributed by atoms with Crippen LogP contribution in [0.1, 0.15) is 22.3 Å². The molecule has 0 unspecified atom stereocenters. The molecule has 0 bridgehead atoms. The number of fused-ring (bicyclic) bond motifs is 1. The third-order valence-corrected chi connectivity index (χ3v) is 4.48. The Labute approximate surface area is 127 Å². The van der Waals surface area contributed by atoms with E-state index < -0.39 is 0 Å². The molecule has 0 fully saturated rings. The van der Waals surface area contributed by atoms with Crippen LogP contribution >= 0.6 is 11.3 Å². The number of rotatable bonds is 3. The molecule has 3 aromatic rings. The fraction of sp³-hybridized carbons (Fsp3) is 0.235. The molecule has 3 rings (SSSR count). The number of benzene rings is 2. The molecule has 0 aliphatic rings. The van der Waals surface area contributed by atoms with Crippen LogP contribution in [0.4, 0.5) is 9.52 Å². The molecule has 0 aliphatic carbocycles. The largest absolute Gasteiger partial charge is 0.357 e. The molecule has 1 heterocycles. The van der Waals surface area contributed by atoms with Gasteiger partial charge in [-0.1, -0.05) is 29.5 Å². The van der Waals surface area contributed by atoms with Gasteiger partial charge in [0.1, 0.15) is 5.82 Å². The minimum absolute atomic E-state index is 0.116. The van der Waals surface area contributed by atoms with Crippen molar-refractivity contribution in [2.45, 2.75) is 27.3 Å². The maximum atomic E-state index is 13.6. The zero-order valence-electron chi connectivity index (χ0n) is 12.3. The summed E-state index contributed by atoms with van der Waals surface area (Å²) in [5, 5.41) is 4.23. The van der Waals surface area contributed by atoms with E-state index in [1.807, 2.05) is 12.1 Å². The van der Waals surface area contributed by atoms with Crippen LogP contribution in [-0.4, -0.2) is 4.98 Å². The number of hydrogen-bond donors (Lipinski definition) is 1. The standard InChI is InChI=1S/C17H17FN2S/c1-10-4-5-15-14(6-10)20-17(21-15)19-9-13-7-11(2)16(18)12(3)8-13/h4-8H,9H2,1-3H3,(H,19,20). The molecule has 4 heteroatoms.